The molecule has 0 saturated carbocycles. The Hall–Kier alpha value is -2.49. The summed E-state index contributed by atoms with van der Waals surface area (Å²) in [4.78, 5) is 21.5. The number of nitro benzene ring substituents is 1. The largest absolute Gasteiger partial charge is 0.295 e. The minimum atomic E-state index is -0.865. The van der Waals surface area contributed by atoms with Crippen LogP contribution in [0, 0.1) is 15.9 Å². The molecule has 2 aromatic rings. The second-order valence-electron chi connectivity index (χ2n) is 3.04. The number of nitro groups is 1. The molecule has 0 atom stereocenters. The number of halogens is 1. The summed E-state index contributed by atoms with van der Waals surface area (Å²) in [5.41, 5.74) is -0.823. The van der Waals surface area contributed by atoms with Crippen molar-refractivity contribution in [2.45, 2.75) is 0 Å². The molecule has 0 spiro atoms. The van der Waals surface area contributed by atoms with Crippen LogP contribution in [0.4, 0.5) is 15.2 Å². The van der Waals surface area contributed by atoms with Gasteiger partial charge < -0.3 is 0 Å². The van der Waals surface area contributed by atoms with Crippen LogP contribution in [0.5, 0.6) is 0 Å². The third-order valence-electron chi connectivity index (χ3n) is 1.93. The summed E-state index contributed by atoms with van der Waals surface area (Å²) in [7, 11) is 0. The van der Waals surface area contributed by atoms with E-state index in [0.29, 0.717) is 0 Å². The molecule has 1 aromatic carbocycles. The highest BCUT2D eigenvalue weighted by atomic mass is 32.1. The third-order valence-corrected chi connectivity index (χ3v) is 2.44. The molecule has 0 saturated heterocycles. The van der Waals surface area contributed by atoms with Crippen LogP contribution < -0.4 is 5.32 Å². The SMILES string of the molecule is O=C(Nc1nnns1)c1cc([N+](=O)[O-])ccc1F. The van der Waals surface area contributed by atoms with Gasteiger partial charge in [-0.25, -0.2) is 4.39 Å². The molecule has 2 rings (SSSR count). The summed E-state index contributed by atoms with van der Waals surface area (Å²) < 4.78 is 16.8. The summed E-state index contributed by atoms with van der Waals surface area (Å²) in [6.07, 6.45) is 0. The Morgan fingerprint density at radius 3 is 2.89 bits per heavy atom. The third kappa shape index (κ3) is 2.43. The van der Waals surface area contributed by atoms with Crippen molar-refractivity contribution in [2.24, 2.45) is 0 Å². The number of aromatic nitrogens is 3. The minimum absolute atomic E-state index is 0.0749. The summed E-state index contributed by atoms with van der Waals surface area (Å²) in [5.74, 6) is -1.72. The molecule has 1 aromatic heterocycles. The van der Waals surface area contributed by atoms with Gasteiger partial charge in [0.15, 0.2) is 0 Å². The number of nitrogens with zero attached hydrogens (tertiary/aromatic N) is 4. The predicted octanol–water partition coefficient (Wildman–Crippen LogP) is 1.23. The number of carbonyl (C=O) groups excluding carboxylic acids is 1. The summed E-state index contributed by atoms with van der Waals surface area (Å²) in [6, 6.07) is 2.67. The molecular formula is C8H4FN5O3S. The van der Waals surface area contributed by atoms with Crippen molar-refractivity contribution >= 4 is 28.3 Å². The van der Waals surface area contributed by atoms with Gasteiger partial charge in [-0.2, -0.15) is 0 Å². The normalized spacial score (nSPS) is 10.1. The number of carbonyl (C=O) groups is 1. The molecule has 10 heteroatoms. The zero-order valence-electron chi connectivity index (χ0n) is 8.53. The van der Waals surface area contributed by atoms with Crippen molar-refractivity contribution in [1.82, 2.24) is 14.8 Å². The van der Waals surface area contributed by atoms with E-state index in [9.17, 15) is 19.3 Å². The minimum Gasteiger partial charge on any atom is -0.295 e. The number of rotatable bonds is 3. The number of amides is 1. The molecule has 8 nitrogen and oxygen atoms in total. The fourth-order valence-corrected chi connectivity index (χ4v) is 1.51. The maximum absolute atomic E-state index is 13.4. The van der Waals surface area contributed by atoms with E-state index in [-0.39, 0.29) is 10.8 Å². The van der Waals surface area contributed by atoms with Crippen molar-refractivity contribution in [3.05, 3.63) is 39.7 Å². The molecule has 18 heavy (non-hydrogen) atoms. The number of anilines is 1. The van der Waals surface area contributed by atoms with Gasteiger partial charge in [-0.1, -0.05) is 9.59 Å². The second kappa shape index (κ2) is 4.79. The highest BCUT2D eigenvalue weighted by molar-refractivity contribution is 7.09. The Balaban J connectivity index is 2.29. The zero-order chi connectivity index (χ0) is 13.1. The van der Waals surface area contributed by atoms with Gasteiger partial charge in [-0.05, 0) is 11.3 Å². The Bertz CT molecular complexity index is 603. The van der Waals surface area contributed by atoms with E-state index in [1.165, 1.54) is 0 Å². The topological polar surface area (TPSA) is 111 Å². The van der Waals surface area contributed by atoms with Crippen LogP contribution in [0.15, 0.2) is 18.2 Å². The summed E-state index contributed by atoms with van der Waals surface area (Å²) in [6.45, 7) is 0. The first kappa shape index (κ1) is 12.0. The average molecular weight is 269 g/mol. The van der Waals surface area contributed by atoms with Crippen molar-refractivity contribution in [3.63, 3.8) is 0 Å². The van der Waals surface area contributed by atoms with E-state index < -0.39 is 22.2 Å². The lowest BCUT2D eigenvalue weighted by atomic mass is 10.2. The molecule has 0 aliphatic heterocycles. The van der Waals surface area contributed by atoms with E-state index in [2.05, 4.69) is 20.1 Å². The fraction of sp³-hybridized carbons (Fsp3) is 0. The molecule has 0 fully saturated rings. The van der Waals surface area contributed by atoms with Crippen LogP contribution in [-0.4, -0.2) is 25.6 Å². The molecular weight excluding hydrogens is 265 g/mol. The summed E-state index contributed by atoms with van der Waals surface area (Å²) in [5, 5.41) is 19.5. The molecule has 1 heterocycles. The number of non-ortho nitro benzene ring substituents is 1. The molecule has 0 radical (unpaired) electrons. The van der Waals surface area contributed by atoms with Gasteiger partial charge in [0.1, 0.15) is 5.82 Å². The highest BCUT2D eigenvalue weighted by Crippen LogP contribution is 2.18. The fourth-order valence-electron chi connectivity index (χ4n) is 1.15. The smallest absolute Gasteiger partial charge is 0.270 e. The maximum atomic E-state index is 13.4. The van der Waals surface area contributed by atoms with Gasteiger partial charge in [0.2, 0.25) is 5.13 Å². The first-order chi connectivity index (χ1) is 8.58. The van der Waals surface area contributed by atoms with Crippen molar-refractivity contribution in [2.75, 3.05) is 5.32 Å². The maximum Gasteiger partial charge on any atom is 0.270 e. The Morgan fingerprint density at radius 2 is 2.28 bits per heavy atom. The lowest BCUT2D eigenvalue weighted by molar-refractivity contribution is -0.384. The summed E-state index contributed by atoms with van der Waals surface area (Å²) >= 11 is 0.802. The molecule has 0 unspecified atom stereocenters. The van der Waals surface area contributed by atoms with Crippen LogP contribution in [0.3, 0.4) is 0 Å². The highest BCUT2D eigenvalue weighted by Gasteiger charge is 2.17. The molecule has 0 aliphatic carbocycles. The molecule has 1 N–H and O–H groups in total. The Labute approximate surface area is 103 Å². The van der Waals surface area contributed by atoms with Gasteiger partial charge in [0.05, 0.1) is 10.5 Å². The lowest BCUT2D eigenvalue weighted by Crippen LogP contribution is -2.14. The number of hydrogen-bond acceptors (Lipinski definition) is 7. The van der Waals surface area contributed by atoms with E-state index in [1.54, 1.807) is 0 Å². The van der Waals surface area contributed by atoms with Crippen LogP contribution in [0.25, 0.3) is 0 Å². The van der Waals surface area contributed by atoms with Gasteiger partial charge in [-0.3, -0.25) is 20.2 Å². The van der Waals surface area contributed by atoms with E-state index >= 15 is 0 Å². The van der Waals surface area contributed by atoms with Crippen molar-refractivity contribution < 1.29 is 14.1 Å². The van der Waals surface area contributed by atoms with Crippen molar-refractivity contribution in [1.29, 1.82) is 0 Å². The Kier molecular flexibility index (Phi) is 3.19. The molecule has 1 amide bonds. The first-order valence-electron chi connectivity index (χ1n) is 4.48. The molecule has 92 valence electrons. The van der Waals surface area contributed by atoms with Crippen LogP contribution in [-0.2, 0) is 0 Å². The van der Waals surface area contributed by atoms with E-state index in [0.717, 1.165) is 29.7 Å². The van der Waals surface area contributed by atoms with Crippen LogP contribution in [0.1, 0.15) is 10.4 Å². The van der Waals surface area contributed by atoms with Gasteiger partial charge in [0.25, 0.3) is 11.6 Å². The van der Waals surface area contributed by atoms with Crippen LogP contribution >= 0.6 is 11.5 Å². The van der Waals surface area contributed by atoms with Gasteiger partial charge >= 0.3 is 0 Å². The molecule has 0 bridgehead atoms. The average Bonchev–Trinajstić information content (AvgIpc) is 2.81. The second-order valence-corrected chi connectivity index (χ2v) is 3.78. The van der Waals surface area contributed by atoms with E-state index in [1.807, 2.05) is 0 Å². The van der Waals surface area contributed by atoms with Gasteiger partial charge in [-0.15, -0.1) is 0 Å². The Morgan fingerprint density at radius 1 is 1.50 bits per heavy atom. The first-order valence-corrected chi connectivity index (χ1v) is 5.25. The van der Waals surface area contributed by atoms with Crippen LogP contribution in [0.2, 0.25) is 0 Å². The van der Waals surface area contributed by atoms with Crippen molar-refractivity contribution in [3.8, 4) is 0 Å². The molecule has 0 aliphatic rings. The predicted molar refractivity (Wildman–Crippen MR) is 58.7 cm³/mol. The number of hydrogen-bond donors (Lipinski definition) is 1. The number of nitrogens with one attached hydrogen (secondary N) is 1. The van der Waals surface area contributed by atoms with Gasteiger partial charge in [0, 0.05) is 23.7 Å². The quantitative estimate of drug-likeness (QED) is 0.662. The number of benzene rings is 1. The van der Waals surface area contributed by atoms with E-state index in [4.69, 9.17) is 0 Å². The standard InChI is InChI=1S/C8H4FN5O3S/c9-6-2-1-4(14(16)17)3-5(6)7(15)10-8-11-12-13-18-8/h1-3H,(H,10,11,13,15). The zero-order valence-corrected chi connectivity index (χ0v) is 9.35. The lowest BCUT2D eigenvalue weighted by Gasteiger charge is -2.02. The monoisotopic (exact) mass is 269 g/mol.